The number of benzene rings is 1. The van der Waals surface area contributed by atoms with Gasteiger partial charge in [-0.05, 0) is 25.1 Å². The van der Waals surface area contributed by atoms with Crippen LogP contribution in [0.15, 0.2) is 23.1 Å². The second-order valence-electron chi connectivity index (χ2n) is 4.06. The number of primary sulfonamides is 1. The first-order valence-corrected chi connectivity index (χ1v) is 7.84. The molecular weight excluding hydrogens is 304 g/mol. The number of sulfonamides is 1. The number of carbonyl (C=O) groups is 1. The molecule has 0 heterocycles. The summed E-state index contributed by atoms with van der Waals surface area (Å²) < 4.78 is 27.6. The third-order valence-electron chi connectivity index (χ3n) is 2.73. The zero-order chi connectivity index (χ0) is 15.3. The monoisotopic (exact) mass is 320 g/mol. The minimum atomic E-state index is -3.88. The number of halogens is 1. The van der Waals surface area contributed by atoms with E-state index in [-0.39, 0.29) is 21.4 Å². The summed E-state index contributed by atoms with van der Waals surface area (Å²) in [6.45, 7) is 3.04. The van der Waals surface area contributed by atoms with E-state index in [2.05, 4.69) is 0 Å². The van der Waals surface area contributed by atoms with Gasteiger partial charge in [0.25, 0.3) is 5.91 Å². The van der Waals surface area contributed by atoms with Gasteiger partial charge in [-0.3, -0.25) is 4.79 Å². The van der Waals surface area contributed by atoms with E-state index in [1.165, 1.54) is 30.2 Å². The highest BCUT2D eigenvalue weighted by molar-refractivity contribution is 7.89. The molecule has 0 aliphatic carbocycles. The van der Waals surface area contributed by atoms with Gasteiger partial charge in [0.05, 0.1) is 22.1 Å². The van der Waals surface area contributed by atoms with Crippen molar-refractivity contribution in [3.63, 3.8) is 0 Å². The van der Waals surface area contributed by atoms with Gasteiger partial charge in [-0.25, -0.2) is 13.6 Å². The van der Waals surface area contributed by atoms with Gasteiger partial charge in [-0.2, -0.15) is 0 Å². The molecule has 1 rings (SSSR count). The lowest BCUT2D eigenvalue weighted by Gasteiger charge is -2.21. The van der Waals surface area contributed by atoms with Crippen LogP contribution in [0.5, 0.6) is 0 Å². The molecule has 0 aromatic heterocycles. The molecule has 112 valence electrons. The molecule has 1 amide bonds. The Bertz CT molecular complexity index is 589. The largest absolute Gasteiger partial charge is 0.383 e. The molecular formula is C12H17ClN2O4S. The zero-order valence-electron chi connectivity index (χ0n) is 11.3. The van der Waals surface area contributed by atoms with E-state index in [4.69, 9.17) is 21.5 Å². The van der Waals surface area contributed by atoms with Crippen LogP contribution in [0.2, 0.25) is 5.02 Å². The molecule has 0 aliphatic heterocycles. The fourth-order valence-corrected chi connectivity index (χ4v) is 2.36. The Labute approximate surface area is 123 Å². The Kier molecular flexibility index (Phi) is 5.94. The second-order valence-corrected chi connectivity index (χ2v) is 6.03. The SMILES string of the molecule is CCN(CCOC)C(=O)c1cc(S(N)(=O)=O)ccc1Cl. The Hall–Kier alpha value is -1.15. The van der Waals surface area contributed by atoms with E-state index >= 15 is 0 Å². The molecule has 2 N–H and O–H groups in total. The van der Waals surface area contributed by atoms with E-state index < -0.39 is 10.0 Å². The molecule has 0 spiro atoms. The fraction of sp³-hybridized carbons (Fsp3) is 0.417. The third-order valence-corrected chi connectivity index (χ3v) is 3.97. The van der Waals surface area contributed by atoms with Gasteiger partial charge in [-0.15, -0.1) is 0 Å². The van der Waals surface area contributed by atoms with Gasteiger partial charge in [0.15, 0.2) is 0 Å². The Morgan fingerprint density at radius 3 is 2.60 bits per heavy atom. The maximum atomic E-state index is 12.3. The van der Waals surface area contributed by atoms with Crippen molar-refractivity contribution in [3.05, 3.63) is 28.8 Å². The number of likely N-dealkylation sites (N-methyl/N-ethyl adjacent to an activating group) is 1. The molecule has 0 aliphatic rings. The lowest BCUT2D eigenvalue weighted by Crippen LogP contribution is -2.34. The van der Waals surface area contributed by atoms with E-state index in [9.17, 15) is 13.2 Å². The van der Waals surface area contributed by atoms with Crippen LogP contribution in [-0.2, 0) is 14.8 Å². The predicted octanol–water partition coefficient (Wildman–Crippen LogP) is 1.10. The summed E-state index contributed by atoms with van der Waals surface area (Å²) in [7, 11) is -2.34. The summed E-state index contributed by atoms with van der Waals surface area (Å²) in [4.78, 5) is 13.7. The van der Waals surface area contributed by atoms with Crippen molar-refractivity contribution < 1.29 is 17.9 Å². The summed E-state index contributed by atoms with van der Waals surface area (Å²) in [5.74, 6) is -0.361. The van der Waals surface area contributed by atoms with Crippen LogP contribution < -0.4 is 5.14 Å². The number of ether oxygens (including phenoxy) is 1. The van der Waals surface area contributed by atoms with Gasteiger partial charge >= 0.3 is 0 Å². The zero-order valence-corrected chi connectivity index (χ0v) is 12.9. The molecule has 1 aromatic rings. The molecule has 0 atom stereocenters. The number of amides is 1. The number of methoxy groups -OCH3 is 1. The van der Waals surface area contributed by atoms with Crippen LogP contribution in [0, 0.1) is 0 Å². The second kappa shape index (κ2) is 7.03. The highest BCUT2D eigenvalue weighted by Crippen LogP contribution is 2.21. The molecule has 0 bridgehead atoms. The van der Waals surface area contributed by atoms with Gasteiger partial charge < -0.3 is 9.64 Å². The highest BCUT2D eigenvalue weighted by atomic mass is 35.5. The Morgan fingerprint density at radius 2 is 2.10 bits per heavy atom. The van der Waals surface area contributed by atoms with Crippen molar-refractivity contribution in [3.8, 4) is 0 Å². The summed E-state index contributed by atoms with van der Waals surface area (Å²) in [6, 6.07) is 3.80. The minimum Gasteiger partial charge on any atom is -0.383 e. The number of carbonyl (C=O) groups excluding carboxylic acids is 1. The van der Waals surface area contributed by atoms with E-state index in [0.29, 0.717) is 19.7 Å². The number of hydrogen-bond donors (Lipinski definition) is 1. The molecule has 6 nitrogen and oxygen atoms in total. The number of hydrogen-bond acceptors (Lipinski definition) is 4. The van der Waals surface area contributed by atoms with Crippen LogP contribution in [0.3, 0.4) is 0 Å². The fourth-order valence-electron chi connectivity index (χ4n) is 1.62. The molecule has 8 heteroatoms. The van der Waals surface area contributed by atoms with Crippen molar-refractivity contribution in [2.24, 2.45) is 5.14 Å². The first-order chi connectivity index (χ1) is 9.31. The number of nitrogens with two attached hydrogens (primary N) is 1. The average molecular weight is 321 g/mol. The van der Waals surface area contributed by atoms with Crippen molar-refractivity contribution >= 4 is 27.5 Å². The highest BCUT2D eigenvalue weighted by Gasteiger charge is 2.19. The predicted molar refractivity (Wildman–Crippen MR) is 76.3 cm³/mol. The smallest absolute Gasteiger partial charge is 0.255 e. The third kappa shape index (κ3) is 4.17. The van der Waals surface area contributed by atoms with Crippen LogP contribution in [0.1, 0.15) is 17.3 Å². The van der Waals surface area contributed by atoms with Gasteiger partial charge in [-0.1, -0.05) is 11.6 Å². The Morgan fingerprint density at radius 1 is 1.45 bits per heavy atom. The molecule has 0 saturated heterocycles. The topological polar surface area (TPSA) is 89.7 Å². The van der Waals surface area contributed by atoms with Crippen LogP contribution in [-0.4, -0.2) is 46.0 Å². The first kappa shape index (κ1) is 16.9. The maximum Gasteiger partial charge on any atom is 0.255 e. The normalized spacial score (nSPS) is 11.4. The number of rotatable bonds is 6. The summed E-state index contributed by atoms with van der Waals surface area (Å²) in [5, 5.41) is 5.23. The van der Waals surface area contributed by atoms with E-state index in [1.807, 2.05) is 6.92 Å². The van der Waals surface area contributed by atoms with Crippen molar-refractivity contribution in [2.45, 2.75) is 11.8 Å². The van der Waals surface area contributed by atoms with Gasteiger partial charge in [0.1, 0.15) is 0 Å². The van der Waals surface area contributed by atoms with Crippen LogP contribution in [0.25, 0.3) is 0 Å². The first-order valence-electron chi connectivity index (χ1n) is 5.91. The lowest BCUT2D eigenvalue weighted by molar-refractivity contribution is 0.0706. The van der Waals surface area contributed by atoms with Crippen molar-refractivity contribution in [2.75, 3.05) is 26.8 Å². The molecule has 0 radical (unpaired) electrons. The van der Waals surface area contributed by atoms with Crippen LogP contribution >= 0.6 is 11.6 Å². The molecule has 20 heavy (non-hydrogen) atoms. The lowest BCUT2D eigenvalue weighted by atomic mass is 10.2. The van der Waals surface area contributed by atoms with Crippen LogP contribution in [0.4, 0.5) is 0 Å². The Balaban J connectivity index is 3.14. The average Bonchev–Trinajstić information content (AvgIpc) is 2.38. The minimum absolute atomic E-state index is 0.108. The summed E-state index contributed by atoms with van der Waals surface area (Å²) >= 11 is 5.96. The summed E-state index contributed by atoms with van der Waals surface area (Å²) in [5.41, 5.74) is 0.108. The van der Waals surface area contributed by atoms with Crippen molar-refractivity contribution in [1.82, 2.24) is 4.90 Å². The molecule has 1 aromatic carbocycles. The standard InChI is InChI=1S/C12H17ClN2O4S/c1-3-15(6-7-19-2)12(16)10-8-9(20(14,17)18)4-5-11(10)13/h4-5,8H,3,6-7H2,1-2H3,(H2,14,17,18). The quantitative estimate of drug-likeness (QED) is 0.849. The molecule has 0 unspecified atom stereocenters. The van der Waals surface area contributed by atoms with Crippen molar-refractivity contribution in [1.29, 1.82) is 0 Å². The van der Waals surface area contributed by atoms with E-state index in [0.717, 1.165) is 0 Å². The molecule has 0 fully saturated rings. The maximum absolute atomic E-state index is 12.3. The van der Waals surface area contributed by atoms with Gasteiger partial charge in [0, 0.05) is 20.2 Å². The van der Waals surface area contributed by atoms with Gasteiger partial charge in [0.2, 0.25) is 10.0 Å². The number of nitrogens with zero attached hydrogens (tertiary/aromatic N) is 1. The van der Waals surface area contributed by atoms with E-state index in [1.54, 1.807) is 0 Å². The summed E-state index contributed by atoms with van der Waals surface area (Å²) in [6.07, 6.45) is 0. The molecule has 0 saturated carbocycles.